The smallest absolute Gasteiger partial charge is 0.327 e. The normalized spacial score (nSPS) is 32.2. The largest absolute Gasteiger partial charge is 0.478 e. The topological polar surface area (TPSA) is 37.3 Å². The van der Waals surface area contributed by atoms with Crippen molar-refractivity contribution >= 4 is 5.97 Å². The highest BCUT2D eigenvalue weighted by Crippen LogP contribution is 2.43. The van der Waals surface area contributed by atoms with E-state index in [4.69, 9.17) is 5.11 Å². The molecule has 2 saturated carbocycles. The van der Waals surface area contributed by atoms with Gasteiger partial charge in [0.2, 0.25) is 0 Å². The van der Waals surface area contributed by atoms with Crippen LogP contribution in [0.4, 0.5) is 0 Å². The number of aliphatic carboxylic acids is 1. The summed E-state index contributed by atoms with van der Waals surface area (Å²) in [6.45, 7) is 2.31. The molecule has 0 aromatic heterocycles. The Balaban J connectivity index is 1.60. The van der Waals surface area contributed by atoms with Crippen LogP contribution < -0.4 is 0 Å². The molecule has 2 heteroatoms. The van der Waals surface area contributed by atoms with Crippen molar-refractivity contribution in [3.63, 3.8) is 0 Å². The first-order chi connectivity index (χ1) is 11.2. The number of carboxylic acids is 1. The fourth-order valence-electron chi connectivity index (χ4n) is 4.91. The number of carbonyl (C=O) groups is 1. The second-order valence-corrected chi connectivity index (χ2v) is 8.02. The van der Waals surface area contributed by atoms with Gasteiger partial charge in [-0.15, -0.1) is 0 Å². The van der Waals surface area contributed by atoms with Crippen molar-refractivity contribution in [1.29, 1.82) is 0 Å². The SMILES string of the molecule is CCCC[C@H]1CC[C@H]([C@H]2CC[C@H](CC/C=C/C(=O)O)CC2)CC1. The molecule has 132 valence electrons. The molecule has 2 rings (SSSR count). The van der Waals surface area contributed by atoms with Gasteiger partial charge in [0, 0.05) is 6.08 Å². The summed E-state index contributed by atoms with van der Waals surface area (Å²) in [5, 5.41) is 8.61. The average molecular weight is 321 g/mol. The van der Waals surface area contributed by atoms with E-state index in [-0.39, 0.29) is 0 Å². The lowest BCUT2D eigenvalue weighted by molar-refractivity contribution is -0.131. The molecule has 0 aliphatic heterocycles. The average Bonchev–Trinajstić information content (AvgIpc) is 2.58. The summed E-state index contributed by atoms with van der Waals surface area (Å²) in [7, 11) is 0. The van der Waals surface area contributed by atoms with Crippen LogP contribution >= 0.6 is 0 Å². The Morgan fingerprint density at radius 3 is 1.91 bits per heavy atom. The van der Waals surface area contributed by atoms with E-state index in [2.05, 4.69) is 6.92 Å². The highest BCUT2D eigenvalue weighted by molar-refractivity contribution is 5.79. The van der Waals surface area contributed by atoms with Crippen molar-refractivity contribution in [2.75, 3.05) is 0 Å². The van der Waals surface area contributed by atoms with Gasteiger partial charge >= 0.3 is 5.97 Å². The van der Waals surface area contributed by atoms with Crippen LogP contribution in [-0.2, 0) is 4.79 Å². The minimum atomic E-state index is -0.816. The van der Waals surface area contributed by atoms with Crippen molar-refractivity contribution in [3.8, 4) is 0 Å². The Morgan fingerprint density at radius 2 is 1.43 bits per heavy atom. The molecule has 0 saturated heterocycles. The molecule has 2 aliphatic rings. The zero-order valence-corrected chi connectivity index (χ0v) is 15.0. The number of unbranched alkanes of at least 4 members (excludes halogenated alkanes) is 1. The van der Waals surface area contributed by atoms with Gasteiger partial charge in [-0.3, -0.25) is 0 Å². The van der Waals surface area contributed by atoms with Crippen LogP contribution in [0.15, 0.2) is 12.2 Å². The molecule has 23 heavy (non-hydrogen) atoms. The number of hydrogen-bond donors (Lipinski definition) is 1. The third kappa shape index (κ3) is 6.69. The lowest BCUT2D eigenvalue weighted by atomic mass is 9.68. The Kier molecular flexibility index (Phi) is 8.19. The van der Waals surface area contributed by atoms with E-state index >= 15 is 0 Å². The molecule has 0 radical (unpaired) electrons. The Bertz CT molecular complexity index is 358. The van der Waals surface area contributed by atoms with Crippen LogP contribution in [0.1, 0.15) is 90.4 Å². The van der Waals surface area contributed by atoms with Crippen LogP contribution in [0, 0.1) is 23.7 Å². The number of hydrogen-bond acceptors (Lipinski definition) is 1. The van der Waals surface area contributed by atoms with E-state index in [0.717, 1.165) is 30.1 Å². The molecule has 2 aliphatic carbocycles. The van der Waals surface area contributed by atoms with Crippen molar-refractivity contribution < 1.29 is 9.90 Å². The first kappa shape index (κ1) is 18.5. The van der Waals surface area contributed by atoms with Crippen LogP contribution in [0.3, 0.4) is 0 Å². The van der Waals surface area contributed by atoms with Gasteiger partial charge in [-0.2, -0.15) is 0 Å². The predicted octanol–water partition coefficient (Wildman–Crippen LogP) is 6.21. The molecule has 1 N–H and O–H groups in total. The van der Waals surface area contributed by atoms with E-state index < -0.39 is 5.97 Å². The lowest BCUT2D eigenvalue weighted by Crippen LogP contribution is -2.25. The van der Waals surface area contributed by atoms with E-state index in [9.17, 15) is 4.79 Å². The fourth-order valence-corrected chi connectivity index (χ4v) is 4.91. The minimum absolute atomic E-state index is 0.816. The molecule has 2 fully saturated rings. The Labute approximate surface area is 142 Å². The molecule has 0 atom stereocenters. The Morgan fingerprint density at radius 1 is 0.913 bits per heavy atom. The van der Waals surface area contributed by atoms with Crippen LogP contribution in [-0.4, -0.2) is 11.1 Å². The molecule has 0 spiro atoms. The second kappa shape index (κ2) is 10.2. The van der Waals surface area contributed by atoms with Gasteiger partial charge in [-0.25, -0.2) is 4.79 Å². The van der Waals surface area contributed by atoms with Crippen LogP contribution in [0.2, 0.25) is 0 Å². The summed E-state index contributed by atoms with van der Waals surface area (Å²) in [6, 6.07) is 0. The Hall–Kier alpha value is -0.790. The van der Waals surface area contributed by atoms with E-state index in [0.29, 0.717) is 0 Å². The molecule has 0 amide bonds. The number of rotatable bonds is 8. The zero-order valence-electron chi connectivity index (χ0n) is 15.0. The summed E-state index contributed by atoms with van der Waals surface area (Å²) in [5.74, 6) is 3.06. The van der Waals surface area contributed by atoms with Gasteiger partial charge in [0.05, 0.1) is 0 Å². The first-order valence-electron chi connectivity index (χ1n) is 10.1. The van der Waals surface area contributed by atoms with Gasteiger partial charge in [-0.1, -0.05) is 57.9 Å². The fraction of sp³-hybridized carbons (Fsp3) is 0.857. The van der Waals surface area contributed by atoms with Crippen LogP contribution in [0.25, 0.3) is 0 Å². The van der Waals surface area contributed by atoms with E-state index in [1.54, 1.807) is 0 Å². The molecule has 0 unspecified atom stereocenters. The highest BCUT2D eigenvalue weighted by atomic mass is 16.4. The van der Waals surface area contributed by atoms with Crippen molar-refractivity contribution in [3.05, 3.63) is 12.2 Å². The zero-order chi connectivity index (χ0) is 16.5. The van der Waals surface area contributed by atoms with Gasteiger partial charge in [-0.05, 0) is 62.2 Å². The second-order valence-electron chi connectivity index (χ2n) is 8.02. The maximum atomic E-state index is 10.5. The molecule has 2 nitrogen and oxygen atoms in total. The summed E-state index contributed by atoms with van der Waals surface area (Å²) >= 11 is 0. The summed E-state index contributed by atoms with van der Waals surface area (Å²) in [5.41, 5.74) is 0. The molecule has 0 aromatic rings. The molecule has 0 bridgehead atoms. The lowest BCUT2D eigenvalue weighted by Gasteiger charge is -2.38. The number of carboxylic acid groups (broad SMARTS) is 1. The van der Waals surface area contributed by atoms with E-state index in [1.165, 1.54) is 83.1 Å². The third-order valence-corrected chi connectivity index (χ3v) is 6.42. The monoisotopic (exact) mass is 320 g/mol. The maximum absolute atomic E-state index is 10.5. The quantitative estimate of drug-likeness (QED) is 0.540. The number of allylic oxidation sites excluding steroid dienone is 1. The summed E-state index contributed by atoms with van der Waals surface area (Å²) < 4.78 is 0. The summed E-state index contributed by atoms with van der Waals surface area (Å²) in [6.07, 6.45) is 21.1. The molecular formula is C21H36O2. The maximum Gasteiger partial charge on any atom is 0.327 e. The highest BCUT2D eigenvalue weighted by Gasteiger charge is 2.30. The minimum Gasteiger partial charge on any atom is -0.478 e. The summed E-state index contributed by atoms with van der Waals surface area (Å²) in [4.78, 5) is 10.5. The van der Waals surface area contributed by atoms with Crippen molar-refractivity contribution in [2.24, 2.45) is 23.7 Å². The van der Waals surface area contributed by atoms with Crippen molar-refractivity contribution in [2.45, 2.75) is 90.4 Å². The predicted molar refractivity (Wildman–Crippen MR) is 96.4 cm³/mol. The van der Waals surface area contributed by atoms with Gasteiger partial charge < -0.3 is 5.11 Å². The molecule has 0 heterocycles. The molecule has 0 aromatic carbocycles. The molecular weight excluding hydrogens is 284 g/mol. The van der Waals surface area contributed by atoms with E-state index in [1.807, 2.05) is 6.08 Å². The van der Waals surface area contributed by atoms with Crippen molar-refractivity contribution in [1.82, 2.24) is 0 Å². The van der Waals surface area contributed by atoms with Gasteiger partial charge in [0.15, 0.2) is 0 Å². The standard InChI is InChI=1S/C21H36O2/c1-2-3-6-17-9-13-19(14-10-17)20-15-11-18(12-16-20)7-4-5-8-21(22)23/h5,8,17-20H,2-4,6-7,9-16H2,1H3,(H,22,23)/b8-5+/t17-,18-,19-,20-. The van der Waals surface area contributed by atoms with Gasteiger partial charge in [0.1, 0.15) is 0 Å². The van der Waals surface area contributed by atoms with Crippen LogP contribution in [0.5, 0.6) is 0 Å². The third-order valence-electron chi connectivity index (χ3n) is 6.42. The first-order valence-corrected chi connectivity index (χ1v) is 10.1. The van der Waals surface area contributed by atoms with Gasteiger partial charge in [0.25, 0.3) is 0 Å².